The molecule has 1 aliphatic rings. The van der Waals surface area contributed by atoms with E-state index in [-0.39, 0.29) is 0 Å². The predicted molar refractivity (Wildman–Crippen MR) is 112 cm³/mol. The van der Waals surface area contributed by atoms with Crippen LogP contribution in [0.1, 0.15) is 59.9 Å². The van der Waals surface area contributed by atoms with Gasteiger partial charge >= 0.3 is 0 Å². The Labute approximate surface area is 163 Å². The van der Waals surface area contributed by atoms with E-state index in [2.05, 4.69) is 87.8 Å². The van der Waals surface area contributed by atoms with Gasteiger partial charge in [-0.3, -0.25) is 0 Å². The molecule has 0 bridgehead atoms. The van der Waals surface area contributed by atoms with Gasteiger partial charge < -0.3 is 9.16 Å². The van der Waals surface area contributed by atoms with Crippen LogP contribution in [0.25, 0.3) is 0 Å². The number of hydrogen-bond acceptors (Lipinski definition) is 2. The van der Waals surface area contributed by atoms with Crippen LogP contribution in [0.15, 0.2) is 40.6 Å². The van der Waals surface area contributed by atoms with Crippen LogP contribution in [-0.4, -0.2) is 15.4 Å². The summed E-state index contributed by atoms with van der Waals surface area (Å²) >= 11 is 3.53. The van der Waals surface area contributed by atoms with Gasteiger partial charge in [0.25, 0.3) is 8.32 Å². The second-order valence-corrected chi connectivity index (χ2v) is 14.4. The summed E-state index contributed by atoms with van der Waals surface area (Å²) in [4.78, 5) is 0. The predicted octanol–water partition coefficient (Wildman–Crippen LogP) is 7.16. The molecule has 0 aliphatic heterocycles. The molecule has 0 fully saturated rings. The molecule has 0 amide bonds. The first kappa shape index (κ1) is 20.7. The Bertz CT molecular complexity index is 585. The maximum absolute atomic E-state index is 7.04. The number of hydrogen-bond donors (Lipinski definition) is 0. The van der Waals surface area contributed by atoms with Gasteiger partial charge in [-0.1, -0.05) is 69.6 Å². The molecule has 1 atom stereocenters. The lowest BCUT2D eigenvalue weighted by Gasteiger charge is -2.45. The van der Waals surface area contributed by atoms with E-state index in [1.807, 2.05) is 7.11 Å². The van der Waals surface area contributed by atoms with Crippen molar-refractivity contribution in [1.29, 1.82) is 0 Å². The zero-order valence-electron chi connectivity index (χ0n) is 16.7. The Morgan fingerprint density at radius 3 is 1.92 bits per heavy atom. The summed E-state index contributed by atoms with van der Waals surface area (Å²) in [6, 6.07) is 8.48. The van der Waals surface area contributed by atoms with Gasteiger partial charge in [0, 0.05) is 11.6 Å². The lowest BCUT2D eigenvalue weighted by atomic mass is 9.92. The fourth-order valence-electron chi connectivity index (χ4n) is 4.69. The molecule has 1 aliphatic carbocycles. The Balaban J connectivity index is 2.47. The Morgan fingerprint density at radius 2 is 1.48 bits per heavy atom. The minimum atomic E-state index is -2.00. The summed E-state index contributed by atoms with van der Waals surface area (Å²) in [5.74, 6) is 1.04. The molecule has 0 heterocycles. The summed E-state index contributed by atoms with van der Waals surface area (Å²) < 4.78 is 14.3. The Hall–Kier alpha value is -0.583. The normalized spacial score (nSPS) is 21.3. The van der Waals surface area contributed by atoms with Crippen LogP contribution in [0, 0.1) is 0 Å². The summed E-state index contributed by atoms with van der Waals surface area (Å²) in [6.45, 7) is 14.0. The smallest absolute Gasteiger partial charge is 0.258 e. The molecule has 1 unspecified atom stereocenters. The summed E-state index contributed by atoms with van der Waals surface area (Å²) in [5.41, 5.74) is 2.38. The molecule has 140 valence electrons. The zero-order valence-corrected chi connectivity index (χ0v) is 19.3. The first-order chi connectivity index (χ1) is 11.7. The third-order valence-electron chi connectivity index (χ3n) is 5.88. The van der Waals surface area contributed by atoms with Crippen LogP contribution >= 0.6 is 15.9 Å². The third kappa shape index (κ3) is 3.63. The highest BCUT2D eigenvalue weighted by Gasteiger charge is 2.51. The molecule has 0 radical (unpaired) electrons. The van der Waals surface area contributed by atoms with Crippen LogP contribution in [0.3, 0.4) is 0 Å². The Morgan fingerprint density at radius 1 is 0.960 bits per heavy atom. The minimum absolute atomic E-state index is 0.447. The van der Waals surface area contributed by atoms with E-state index in [4.69, 9.17) is 9.16 Å². The van der Waals surface area contributed by atoms with Crippen molar-refractivity contribution >= 4 is 24.2 Å². The van der Waals surface area contributed by atoms with E-state index in [9.17, 15) is 0 Å². The number of ether oxygens (including phenoxy) is 1. The second kappa shape index (κ2) is 7.97. The van der Waals surface area contributed by atoms with Gasteiger partial charge in [-0.2, -0.15) is 0 Å². The molecule has 1 aromatic rings. The third-order valence-corrected chi connectivity index (χ3v) is 12.4. The van der Waals surface area contributed by atoms with E-state index >= 15 is 0 Å². The highest BCUT2D eigenvalue weighted by atomic mass is 79.9. The molecule has 4 heteroatoms. The van der Waals surface area contributed by atoms with Crippen LogP contribution in [-0.2, 0) is 14.8 Å². The topological polar surface area (TPSA) is 18.5 Å². The molecule has 0 spiro atoms. The fraction of sp³-hybridized carbons (Fsp3) is 0.619. The van der Waals surface area contributed by atoms with E-state index in [1.54, 1.807) is 0 Å². The summed E-state index contributed by atoms with van der Waals surface area (Å²) in [6.07, 6.45) is 4.21. The summed E-state index contributed by atoms with van der Waals surface area (Å²) in [5, 5.41) is 0. The number of halogens is 1. The van der Waals surface area contributed by atoms with Crippen LogP contribution in [0.5, 0.6) is 0 Å². The quantitative estimate of drug-likeness (QED) is 0.432. The number of allylic oxidation sites excluding steroid dienone is 1. The van der Waals surface area contributed by atoms with E-state index < -0.39 is 13.9 Å². The maximum atomic E-state index is 7.04. The monoisotopic (exact) mass is 424 g/mol. The van der Waals surface area contributed by atoms with Crippen LogP contribution in [0.4, 0.5) is 0 Å². The van der Waals surface area contributed by atoms with E-state index in [1.165, 1.54) is 5.56 Å². The van der Waals surface area contributed by atoms with E-state index in [0.29, 0.717) is 16.6 Å². The summed E-state index contributed by atoms with van der Waals surface area (Å²) in [7, 11) is -0.186. The van der Waals surface area contributed by atoms with Crippen molar-refractivity contribution in [2.45, 2.75) is 76.6 Å². The minimum Gasteiger partial charge on any atom is -0.544 e. The van der Waals surface area contributed by atoms with Crippen molar-refractivity contribution in [2.24, 2.45) is 0 Å². The standard InChI is InChI=1S/C21H33BrO2Si/c1-15(2)25(16(3)4,17(5)6)24-20-9-8-14-21(20,23-7)18-10-12-19(22)13-11-18/h9-13,15-17H,8,14H2,1-7H3. The van der Waals surface area contributed by atoms with Gasteiger partial charge in [-0.15, -0.1) is 0 Å². The molecule has 0 aromatic heterocycles. The SMILES string of the molecule is COC1(c2ccc(Br)cc2)CCC=C1O[Si](C(C)C)(C(C)C)C(C)C. The van der Waals surface area contributed by atoms with Crippen molar-refractivity contribution in [3.8, 4) is 0 Å². The molecular weight excluding hydrogens is 392 g/mol. The van der Waals surface area contributed by atoms with Gasteiger partial charge in [0.2, 0.25) is 0 Å². The van der Waals surface area contributed by atoms with Crippen molar-refractivity contribution in [1.82, 2.24) is 0 Å². The van der Waals surface area contributed by atoms with E-state index in [0.717, 1.165) is 23.1 Å². The molecule has 0 saturated carbocycles. The van der Waals surface area contributed by atoms with Crippen LogP contribution in [0.2, 0.25) is 16.6 Å². The number of rotatable bonds is 7. The molecule has 2 rings (SSSR count). The van der Waals surface area contributed by atoms with Gasteiger partial charge in [0.1, 0.15) is 11.4 Å². The van der Waals surface area contributed by atoms with Crippen LogP contribution < -0.4 is 0 Å². The first-order valence-corrected chi connectivity index (χ1v) is 12.3. The van der Waals surface area contributed by atoms with Gasteiger partial charge in [0.05, 0.1) is 0 Å². The molecule has 1 aromatic carbocycles. The highest BCUT2D eigenvalue weighted by Crippen LogP contribution is 2.50. The average Bonchev–Trinajstić information content (AvgIpc) is 2.95. The maximum Gasteiger partial charge on any atom is 0.258 e. The molecular formula is C21H33BrO2Si. The Kier molecular flexibility index (Phi) is 6.61. The first-order valence-electron chi connectivity index (χ1n) is 9.41. The lowest BCUT2D eigenvalue weighted by molar-refractivity contribution is -0.00989. The zero-order chi connectivity index (χ0) is 18.8. The van der Waals surface area contributed by atoms with Crippen molar-refractivity contribution < 1.29 is 9.16 Å². The lowest BCUT2D eigenvalue weighted by Crippen LogP contribution is -2.49. The van der Waals surface area contributed by atoms with Gasteiger partial charge in [0.15, 0.2) is 0 Å². The van der Waals surface area contributed by atoms with Gasteiger partial charge in [-0.25, -0.2) is 0 Å². The van der Waals surface area contributed by atoms with Crippen molar-refractivity contribution in [2.75, 3.05) is 7.11 Å². The largest absolute Gasteiger partial charge is 0.544 e. The second-order valence-electron chi connectivity index (χ2n) is 8.06. The van der Waals surface area contributed by atoms with Crippen molar-refractivity contribution in [3.05, 3.63) is 46.1 Å². The molecule has 25 heavy (non-hydrogen) atoms. The fourth-order valence-corrected chi connectivity index (χ4v) is 10.3. The van der Waals surface area contributed by atoms with Crippen molar-refractivity contribution in [3.63, 3.8) is 0 Å². The molecule has 2 nitrogen and oxygen atoms in total. The van der Waals surface area contributed by atoms with Gasteiger partial charge in [-0.05, 0) is 53.2 Å². The highest BCUT2D eigenvalue weighted by molar-refractivity contribution is 9.10. The number of benzene rings is 1. The molecule has 0 N–H and O–H groups in total. The average molecular weight is 425 g/mol. The molecule has 0 saturated heterocycles. The number of methoxy groups -OCH3 is 1.